The molecule has 2 aromatic rings. The maximum Gasteiger partial charge on any atom is 0.134 e. The highest BCUT2D eigenvalue weighted by Gasteiger charge is 2.40. The van der Waals surface area contributed by atoms with E-state index in [0.29, 0.717) is 6.04 Å². The Kier molecular flexibility index (Phi) is 3.93. The van der Waals surface area contributed by atoms with Gasteiger partial charge < -0.3 is 14.5 Å². The van der Waals surface area contributed by atoms with E-state index in [-0.39, 0.29) is 11.6 Å². The third kappa shape index (κ3) is 2.80. The minimum absolute atomic E-state index is 0.133. The van der Waals surface area contributed by atoms with E-state index in [1.807, 2.05) is 23.9 Å². The Morgan fingerprint density at radius 3 is 3.09 bits per heavy atom. The van der Waals surface area contributed by atoms with Gasteiger partial charge in [0.25, 0.3) is 0 Å². The molecule has 4 rings (SSSR count). The van der Waals surface area contributed by atoms with Crippen molar-refractivity contribution in [3.05, 3.63) is 36.1 Å². The van der Waals surface area contributed by atoms with E-state index in [1.54, 1.807) is 0 Å². The number of benzene rings is 1. The maximum absolute atomic E-state index is 6.11. The number of thioether (sulfide) groups is 1. The molecule has 0 amide bonds. The zero-order chi connectivity index (χ0) is 15.0. The minimum Gasteiger partial charge on any atom is -0.459 e. The average molecular weight is 317 g/mol. The highest BCUT2D eigenvalue weighted by atomic mass is 32.2. The first-order valence-electron chi connectivity index (χ1n) is 8.20. The summed E-state index contributed by atoms with van der Waals surface area (Å²) in [5.74, 6) is 3.43. The van der Waals surface area contributed by atoms with Gasteiger partial charge in [-0.2, -0.15) is 11.8 Å². The first-order valence-corrected chi connectivity index (χ1v) is 9.36. The molecule has 2 fully saturated rings. The van der Waals surface area contributed by atoms with E-state index in [0.717, 1.165) is 36.5 Å². The summed E-state index contributed by atoms with van der Waals surface area (Å²) in [5, 5.41) is 4.95. The Bertz CT molecular complexity index is 614. The third-order valence-electron chi connectivity index (χ3n) is 4.92. The summed E-state index contributed by atoms with van der Waals surface area (Å²) in [6.07, 6.45) is 3.43. The second-order valence-corrected chi connectivity index (χ2v) is 7.70. The van der Waals surface area contributed by atoms with Crippen molar-refractivity contribution in [3.63, 3.8) is 0 Å². The number of rotatable bonds is 3. The quantitative estimate of drug-likeness (QED) is 0.922. The van der Waals surface area contributed by atoms with Gasteiger partial charge in [0.15, 0.2) is 0 Å². The molecule has 3 nitrogen and oxygen atoms in total. The van der Waals surface area contributed by atoms with Gasteiger partial charge in [-0.3, -0.25) is 0 Å². The predicted molar refractivity (Wildman–Crippen MR) is 91.4 cm³/mol. The van der Waals surface area contributed by atoms with E-state index in [1.165, 1.54) is 17.6 Å². The van der Waals surface area contributed by atoms with Crippen LogP contribution < -0.4 is 5.32 Å². The van der Waals surface area contributed by atoms with E-state index in [9.17, 15) is 0 Å². The number of furan rings is 1. The zero-order valence-electron chi connectivity index (χ0n) is 13.0. The van der Waals surface area contributed by atoms with Gasteiger partial charge in [-0.15, -0.1) is 0 Å². The number of hydrogen-bond acceptors (Lipinski definition) is 4. The lowest BCUT2D eigenvalue weighted by atomic mass is 9.89. The molecule has 1 spiro atoms. The SMILES string of the molecule is CC(NC1CCOC2(CCSC2)C1)c1cc2ccccc2o1. The van der Waals surface area contributed by atoms with Crippen LogP contribution in [-0.4, -0.2) is 29.8 Å². The molecule has 22 heavy (non-hydrogen) atoms. The lowest BCUT2D eigenvalue weighted by Crippen LogP contribution is -2.47. The highest BCUT2D eigenvalue weighted by molar-refractivity contribution is 7.99. The lowest BCUT2D eigenvalue weighted by molar-refractivity contribution is -0.0714. The van der Waals surface area contributed by atoms with Crippen LogP contribution in [0.4, 0.5) is 0 Å². The van der Waals surface area contributed by atoms with E-state index < -0.39 is 0 Å². The van der Waals surface area contributed by atoms with Gasteiger partial charge in [0, 0.05) is 23.8 Å². The molecule has 0 radical (unpaired) electrons. The normalized spacial score (nSPS) is 30.1. The van der Waals surface area contributed by atoms with Crippen LogP contribution in [0.5, 0.6) is 0 Å². The molecule has 1 aromatic heterocycles. The number of ether oxygens (including phenoxy) is 1. The predicted octanol–water partition coefficient (Wildman–Crippen LogP) is 4.14. The summed E-state index contributed by atoms with van der Waals surface area (Å²) in [6.45, 7) is 3.08. The van der Waals surface area contributed by atoms with Gasteiger partial charge in [0.1, 0.15) is 11.3 Å². The molecule has 0 bridgehead atoms. The second-order valence-electron chi connectivity index (χ2n) is 6.60. The fourth-order valence-electron chi connectivity index (χ4n) is 3.68. The molecule has 2 saturated heterocycles. The van der Waals surface area contributed by atoms with Crippen LogP contribution in [0.3, 0.4) is 0 Å². The molecule has 1 aromatic carbocycles. The number of nitrogens with one attached hydrogen (secondary N) is 1. The lowest BCUT2D eigenvalue weighted by Gasteiger charge is -2.39. The van der Waals surface area contributed by atoms with Crippen molar-refractivity contribution in [1.29, 1.82) is 0 Å². The minimum atomic E-state index is 0.133. The van der Waals surface area contributed by atoms with Crippen molar-refractivity contribution in [2.75, 3.05) is 18.1 Å². The number of hydrogen-bond donors (Lipinski definition) is 1. The fourth-order valence-corrected chi connectivity index (χ4v) is 5.06. The summed E-state index contributed by atoms with van der Waals surface area (Å²) in [7, 11) is 0. The van der Waals surface area contributed by atoms with E-state index in [4.69, 9.17) is 9.15 Å². The molecule has 3 atom stereocenters. The van der Waals surface area contributed by atoms with Crippen molar-refractivity contribution in [1.82, 2.24) is 5.32 Å². The second kappa shape index (κ2) is 5.91. The van der Waals surface area contributed by atoms with Crippen LogP contribution in [-0.2, 0) is 4.74 Å². The molecule has 1 N–H and O–H groups in total. The van der Waals surface area contributed by atoms with Gasteiger partial charge >= 0.3 is 0 Å². The van der Waals surface area contributed by atoms with Gasteiger partial charge in [0.2, 0.25) is 0 Å². The van der Waals surface area contributed by atoms with Crippen LogP contribution >= 0.6 is 11.8 Å². The fraction of sp³-hybridized carbons (Fsp3) is 0.556. The van der Waals surface area contributed by atoms with Crippen molar-refractivity contribution < 1.29 is 9.15 Å². The molecule has 4 heteroatoms. The monoisotopic (exact) mass is 317 g/mol. The Hall–Kier alpha value is -0.970. The summed E-state index contributed by atoms with van der Waals surface area (Å²) < 4.78 is 12.1. The maximum atomic E-state index is 6.11. The van der Waals surface area contributed by atoms with Crippen molar-refractivity contribution in [2.45, 2.75) is 43.9 Å². The van der Waals surface area contributed by atoms with Gasteiger partial charge in [-0.05, 0) is 44.1 Å². The average Bonchev–Trinajstić information content (AvgIpc) is 3.14. The summed E-state index contributed by atoms with van der Waals surface area (Å²) in [6, 6.07) is 11.1. The van der Waals surface area contributed by atoms with Gasteiger partial charge in [0.05, 0.1) is 11.6 Å². The van der Waals surface area contributed by atoms with E-state index >= 15 is 0 Å². The molecule has 2 aliphatic heterocycles. The third-order valence-corrected chi connectivity index (χ3v) is 6.14. The van der Waals surface area contributed by atoms with Gasteiger partial charge in [-0.25, -0.2) is 0 Å². The van der Waals surface area contributed by atoms with Crippen molar-refractivity contribution in [3.8, 4) is 0 Å². The van der Waals surface area contributed by atoms with Crippen molar-refractivity contribution >= 4 is 22.7 Å². The Morgan fingerprint density at radius 1 is 1.36 bits per heavy atom. The summed E-state index contributed by atoms with van der Waals surface area (Å²) in [5.41, 5.74) is 1.11. The van der Waals surface area contributed by atoms with Gasteiger partial charge in [-0.1, -0.05) is 18.2 Å². The molecule has 0 saturated carbocycles. The smallest absolute Gasteiger partial charge is 0.134 e. The Labute approximate surface area is 135 Å². The topological polar surface area (TPSA) is 34.4 Å². The molecule has 3 heterocycles. The van der Waals surface area contributed by atoms with Crippen LogP contribution in [0, 0.1) is 0 Å². The summed E-state index contributed by atoms with van der Waals surface area (Å²) in [4.78, 5) is 0. The summed E-state index contributed by atoms with van der Waals surface area (Å²) >= 11 is 2.03. The standard InChI is InChI=1S/C18H23NO2S/c1-13(17-10-14-4-2-3-5-16(14)21-17)19-15-6-8-20-18(11-15)7-9-22-12-18/h2-5,10,13,15,19H,6-9,11-12H2,1H3. The number of para-hydroxylation sites is 1. The first-order chi connectivity index (χ1) is 10.7. The molecule has 118 valence electrons. The molecule has 2 aliphatic rings. The van der Waals surface area contributed by atoms with E-state index in [2.05, 4.69) is 30.4 Å². The Morgan fingerprint density at radius 2 is 2.27 bits per heavy atom. The molecular weight excluding hydrogens is 294 g/mol. The zero-order valence-corrected chi connectivity index (χ0v) is 13.8. The number of fused-ring (bicyclic) bond motifs is 1. The first kappa shape index (κ1) is 14.6. The highest BCUT2D eigenvalue weighted by Crippen LogP contribution is 2.38. The van der Waals surface area contributed by atoms with Crippen LogP contribution in [0.15, 0.2) is 34.7 Å². The molecule has 3 unspecified atom stereocenters. The van der Waals surface area contributed by atoms with Crippen LogP contribution in [0.1, 0.15) is 38.0 Å². The Balaban J connectivity index is 1.45. The largest absolute Gasteiger partial charge is 0.459 e. The molecule has 0 aliphatic carbocycles. The van der Waals surface area contributed by atoms with Crippen LogP contribution in [0.2, 0.25) is 0 Å². The molecular formula is C18H23NO2S. The van der Waals surface area contributed by atoms with Crippen molar-refractivity contribution in [2.24, 2.45) is 0 Å². The van der Waals surface area contributed by atoms with Crippen LogP contribution in [0.25, 0.3) is 11.0 Å².